The summed E-state index contributed by atoms with van der Waals surface area (Å²) in [6, 6.07) is 0. The number of rotatable bonds is 5. The van der Waals surface area contributed by atoms with E-state index in [4.69, 9.17) is 0 Å². The molecule has 15 heavy (non-hydrogen) atoms. The standard InChI is InChI=1S/C10H22N2O2S/c1-9(2)10(13)11-15(5,14)8-6-7-12(3)4/h9H,6-8H2,1-5H3. The zero-order chi connectivity index (χ0) is 12.1. The van der Waals surface area contributed by atoms with Crippen molar-refractivity contribution in [3.63, 3.8) is 0 Å². The Bertz CT molecular complexity index is 315. The summed E-state index contributed by atoms with van der Waals surface area (Å²) < 4.78 is 15.7. The van der Waals surface area contributed by atoms with Crippen molar-refractivity contribution >= 4 is 15.6 Å². The average Bonchev–Trinajstić information content (AvgIpc) is 2.01. The molecule has 0 saturated heterocycles. The molecule has 0 aromatic heterocycles. The topological polar surface area (TPSA) is 49.7 Å². The first-order valence-corrected chi connectivity index (χ1v) is 7.22. The van der Waals surface area contributed by atoms with E-state index in [1.165, 1.54) is 0 Å². The second-order valence-corrected chi connectivity index (χ2v) is 6.91. The molecule has 0 aliphatic rings. The van der Waals surface area contributed by atoms with Crippen LogP contribution in [0.3, 0.4) is 0 Å². The van der Waals surface area contributed by atoms with Gasteiger partial charge in [-0.3, -0.25) is 4.79 Å². The first-order valence-electron chi connectivity index (χ1n) is 5.13. The predicted molar refractivity (Wildman–Crippen MR) is 64.4 cm³/mol. The molecule has 0 aromatic rings. The monoisotopic (exact) mass is 234 g/mol. The SMILES string of the molecule is CC(C)C(=O)N=S(C)(=O)CCCN(C)C. The molecule has 0 radical (unpaired) electrons. The van der Waals surface area contributed by atoms with Gasteiger partial charge < -0.3 is 4.90 Å². The average molecular weight is 234 g/mol. The second-order valence-electron chi connectivity index (χ2n) is 4.40. The summed E-state index contributed by atoms with van der Waals surface area (Å²) in [6.07, 6.45) is 2.36. The van der Waals surface area contributed by atoms with E-state index in [9.17, 15) is 9.00 Å². The Labute approximate surface area is 93.2 Å². The van der Waals surface area contributed by atoms with Crippen molar-refractivity contribution in [3.8, 4) is 0 Å². The minimum atomic E-state index is -2.32. The fraction of sp³-hybridized carbons (Fsp3) is 0.900. The number of nitrogens with zero attached hydrogens (tertiary/aromatic N) is 2. The Hall–Kier alpha value is -0.420. The lowest BCUT2D eigenvalue weighted by atomic mass is 10.2. The Kier molecular flexibility index (Phi) is 6.05. The molecular formula is C10H22N2O2S. The van der Waals surface area contributed by atoms with E-state index in [2.05, 4.69) is 4.36 Å². The molecular weight excluding hydrogens is 212 g/mol. The zero-order valence-corrected chi connectivity index (χ0v) is 11.1. The maximum atomic E-state index is 11.9. The molecule has 1 unspecified atom stereocenters. The molecule has 0 N–H and O–H groups in total. The molecule has 0 fully saturated rings. The number of hydrogen-bond donors (Lipinski definition) is 0. The highest BCUT2D eigenvalue weighted by Gasteiger charge is 2.09. The van der Waals surface area contributed by atoms with Gasteiger partial charge in [0, 0.05) is 17.9 Å². The molecule has 4 nitrogen and oxygen atoms in total. The Morgan fingerprint density at radius 3 is 2.33 bits per heavy atom. The molecule has 0 spiro atoms. The molecule has 1 amide bonds. The molecule has 0 heterocycles. The lowest BCUT2D eigenvalue weighted by molar-refractivity contribution is -0.120. The van der Waals surface area contributed by atoms with Crippen LogP contribution in [-0.2, 0) is 14.5 Å². The molecule has 0 saturated carbocycles. The molecule has 0 aromatic carbocycles. The smallest absolute Gasteiger partial charge is 0.256 e. The minimum Gasteiger partial charge on any atom is -0.309 e. The van der Waals surface area contributed by atoms with Crippen LogP contribution >= 0.6 is 0 Å². The predicted octanol–water partition coefficient (Wildman–Crippen LogP) is 1.22. The van der Waals surface area contributed by atoms with Crippen LogP contribution in [-0.4, -0.2) is 47.7 Å². The van der Waals surface area contributed by atoms with Gasteiger partial charge in [0.1, 0.15) is 0 Å². The minimum absolute atomic E-state index is 0.167. The Balaban J connectivity index is 4.29. The van der Waals surface area contributed by atoms with Crippen LogP contribution in [0.15, 0.2) is 4.36 Å². The van der Waals surface area contributed by atoms with Gasteiger partial charge in [0.05, 0.1) is 9.73 Å². The van der Waals surface area contributed by atoms with Crippen LogP contribution in [0.25, 0.3) is 0 Å². The van der Waals surface area contributed by atoms with Crippen molar-refractivity contribution in [2.24, 2.45) is 10.3 Å². The van der Waals surface area contributed by atoms with Crippen molar-refractivity contribution in [3.05, 3.63) is 0 Å². The van der Waals surface area contributed by atoms with Gasteiger partial charge in [-0.25, -0.2) is 4.21 Å². The van der Waals surface area contributed by atoms with Crippen molar-refractivity contribution in [2.45, 2.75) is 20.3 Å². The van der Waals surface area contributed by atoms with Gasteiger partial charge in [-0.2, -0.15) is 4.36 Å². The van der Waals surface area contributed by atoms with Crippen LogP contribution in [0.4, 0.5) is 0 Å². The molecule has 5 heteroatoms. The summed E-state index contributed by atoms with van der Waals surface area (Å²) in [5.74, 6) is 0.0656. The van der Waals surface area contributed by atoms with Crippen LogP contribution in [0, 0.1) is 5.92 Å². The van der Waals surface area contributed by atoms with E-state index in [0.29, 0.717) is 5.75 Å². The zero-order valence-electron chi connectivity index (χ0n) is 10.3. The van der Waals surface area contributed by atoms with E-state index in [1.807, 2.05) is 19.0 Å². The van der Waals surface area contributed by atoms with E-state index in [1.54, 1.807) is 20.1 Å². The van der Waals surface area contributed by atoms with Gasteiger partial charge in [0.25, 0.3) is 5.91 Å². The summed E-state index contributed by atoms with van der Waals surface area (Å²) in [5, 5.41) is 0. The highest BCUT2D eigenvalue weighted by Crippen LogP contribution is 2.02. The normalized spacial score (nSPS) is 15.4. The van der Waals surface area contributed by atoms with Crippen LogP contribution in [0.1, 0.15) is 20.3 Å². The largest absolute Gasteiger partial charge is 0.309 e. The van der Waals surface area contributed by atoms with Gasteiger partial charge in [0.2, 0.25) is 0 Å². The Morgan fingerprint density at radius 1 is 1.40 bits per heavy atom. The van der Waals surface area contributed by atoms with Crippen molar-refractivity contribution < 1.29 is 9.00 Å². The molecule has 0 rings (SSSR count). The van der Waals surface area contributed by atoms with E-state index in [-0.39, 0.29) is 11.8 Å². The molecule has 0 bridgehead atoms. The fourth-order valence-electron chi connectivity index (χ4n) is 0.990. The van der Waals surface area contributed by atoms with Crippen molar-refractivity contribution in [2.75, 3.05) is 32.6 Å². The molecule has 0 aliphatic carbocycles. The number of hydrogen-bond acceptors (Lipinski definition) is 3. The molecule has 0 aliphatic heterocycles. The van der Waals surface area contributed by atoms with Crippen molar-refractivity contribution in [1.29, 1.82) is 0 Å². The van der Waals surface area contributed by atoms with Gasteiger partial charge in [-0.1, -0.05) is 13.8 Å². The van der Waals surface area contributed by atoms with E-state index < -0.39 is 9.73 Å². The fourth-order valence-corrected chi connectivity index (χ4v) is 2.34. The third-order valence-corrected chi connectivity index (χ3v) is 3.52. The van der Waals surface area contributed by atoms with Gasteiger partial charge in [0.15, 0.2) is 0 Å². The van der Waals surface area contributed by atoms with E-state index >= 15 is 0 Å². The maximum absolute atomic E-state index is 11.9. The molecule has 1 atom stereocenters. The van der Waals surface area contributed by atoms with Gasteiger partial charge >= 0.3 is 0 Å². The Morgan fingerprint density at radius 2 is 1.93 bits per heavy atom. The summed E-state index contributed by atoms with van der Waals surface area (Å²) in [4.78, 5) is 13.3. The van der Waals surface area contributed by atoms with E-state index in [0.717, 1.165) is 13.0 Å². The summed E-state index contributed by atoms with van der Waals surface area (Å²) in [5.41, 5.74) is 0. The lowest BCUT2D eigenvalue weighted by Crippen LogP contribution is -2.17. The van der Waals surface area contributed by atoms with Gasteiger partial charge in [-0.05, 0) is 27.1 Å². The molecule has 90 valence electrons. The van der Waals surface area contributed by atoms with Crippen molar-refractivity contribution in [1.82, 2.24) is 4.90 Å². The van der Waals surface area contributed by atoms with Gasteiger partial charge in [-0.15, -0.1) is 0 Å². The third-order valence-electron chi connectivity index (χ3n) is 1.91. The number of carbonyl (C=O) groups is 1. The summed E-state index contributed by atoms with van der Waals surface area (Å²) >= 11 is 0. The maximum Gasteiger partial charge on any atom is 0.256 e. The first-order chi connectivity index (χ1) is 6.74. The van der Waals surface area contributed by atoms with Crippen LogP contribution in [0.2, 0.25) is 0 Å². The van der Waals surface area contributed by atoms with Crippen LogP contribution < -0.4 is 0 Å². The lowest BCUT2D eigenvalue weighted by Gasteiger charge is -2.09. The summed E-state index contributed by atoms with van der Waals surface area (Å²) in [7, 11) is 1.61. The third kappa shape index (κ3) is 7.50. The van der Waals surface area contributed by atoms with Crippen LogP contribution in [0.5, 0.6) is 0 Å². The number of carbonyl (C=O) groups excluding carboxylic acids is 1. The first kappa shape index (κ1) is 14.6. The highest BCUT2D eigenvalue weighted by molar-refractivity contribution is 7.93. The quantitative estimate of drug-likeness (QED) is 0.718. The summed E-state index contributed by atoms with van der Waals surface area (Å²) in [6.45, 7) is 4.40. The number of amides is 1. The second kappa shape index (κ2) is 6.23. The highest BCUT2D eigenvalue weighted by atomic mass is 32.2.